The van der Waals surface area contributed by atoms with Crippen LogP contribution in [0.15, 0.2) is 20.7 Å². The molecule has 1 aliphatic heterocycles. The minimum absolute atomic E-state index is 0.110. The van der Waals surface area contributed by atoms with Crippen molar-refractivity contribution in [2.75, 3.05) is 6.54 Å². The van der Waals surface area contributed by atoms with Crippen molar-refractivity contribution in [3.8, 4) is 0 Å². The molecule has 0 radical (unpaired) electrons. The maximum Gasteiger partial charge on any atom is 0.266 e. The van der Waals surface area contributed by atoms with Crippen molar-refractivity contribution in [3.63, 3.8) is 0 Å². The Morgan fingerprint density at radius 2 is 2.38 bits per heavy atom. The van der Waals surface area contributed by atoms with Gasteiger partial charge >= 0.3 is 0 Å². The Morgan fingerprint density at radius 1 is 1.62 bits per heavy atom. The van der Waals surface area contributed by atoms with Crippen LogP contribution < -0.4 is 5.32 Å². The van der Waals surface area contributed by atoms with Crippen molar-refractivity contribution >= 4 is 29.3 Å². The Labute approximate surface area is 86.7 Å². The average Bonchev–Trinajstić information content (AvgIpc) is 2.52. The molecule has 1 aliphatic rings. The van der Waals surface area contributed by atoms with Gasteiger partial charge in [-0.3, -0.25) is 4.79 Å². The highest BCUT2D eigenvalue weighted by Crippen LogP contribution is 2.30. The van der Waals surface area contributed by atoms with Crippen molar-refractivity contribution in [1.29, 1.82) is 0 Å². The molecule has 0 bridgehead atoms. The Bertz CT molecular complexity index is 312. The van der Waals surface area contributed by atoms with Crippen LogP contribution in [0.2, 0.25) is 0 Å². The molecule has 1 rings (SSSR count). The summed E-state index contributed by atoms with van der Waals surface area (Å²) in [5, 5.41) is 2.77. The van der Waals surface area contributed by atoms with Crippen LogP contribution in [0, 0.1) is 0 Å². The highest BCUT2D eigenvalue weighted by Gasteiger charge is 2.13. The van der Waals surface area contributed by atoms with Crippen LogP contribution in [0.3, 0.4) is 0 Å². The van der Waals surface area contributed by atoms with Crippen LogP contribution in [-0.4, -0.2) is 12.5 Å². The van der Waals surface area contributed by atoms with Crippen LogP contribution in [0.4, 0.5) is 0 Å². The van der Waals surface area contributed by atoms with Gasteiger partial charge in [0, 0.05) is 6.54 Å². The molecule has 0 saturated heterocycles. The van der Waals surface area contributed by atoms with Gasteiger partial charge in [0.05, 0.1) is 0 Å². The van der Waals surface area contributed by atoms with Crippen molar-refractivity contribution < 1.29 is 4.79 Å². The third-order valence-corrected chi connectivity index (χ3v) is 2.59. The number of carbonyl (C=O) groups is 1. The standard InChI is InChI=1S/C9H10ClNOS/c1-2-3-6-11-9(12)7-4-5-8(10)13-7/h2-3,6H2,1H3,(H,11,12). The zero-order chi connectivity index (χ0) is 9.68. The topological polar surface area (TPSA) is 29.1 Å². The van der Waals surface area contributed by atoms with Crippen molar-refractivity contribution in [2.24, 2.45) is 0 Å². The zero-order valence-corrected chi connectivity index (χ0v) is 8.89. The fourth-order valence-corrected chi connectivity index (χ4v) is 1.64. The molecule has 0 aromatic carbocycles. The molecule has 1 N–H and O–H groups in total. The van der Waals surface area contributed by atoms with Gasteiger partial charge in [0.1, 0.15) is 9.27 Å². The van der Waals surface area contributed by atoms with Crippen molar-refractivity contribution in [3.05, 3.63) is 20.7 Å². The molecule has 0 fully saturated rings. The van der Waals surface area contributed by atoms with Crippen molar-refractivity contribution in [2.45, 2.75) is 19.8 Å². The van der Waals surface area contributed by atoms with E-state index in [1.807, 2.05) is 0 Å². The summed E-state index contributed by atoms with van der Waals surface area (Å²) in [7, 11) is 0. The molecule has 0 atom stereocenters. The van der Waals surface area contributed by atoms with Gasteiger partial charge < -0.3 is 5.32 Å². The first-order valence-electron chi connectivity index (χ1n) is 4.11. The van der Waals surface area contributed by atoms with Gasteiger partial charge in [-0.15, -0.1) is 0 Å². The van der Waals surface area contributed by atoms with Gasteiger partial charge in [0.2, 0.25) is 0 Å². The summed E-state index contributed by atoms with van der Waals surface area (Å²) in [4.78, 5) is 11.8. The highest BCUT2D eigenvalue weighted by atomic mass is 35.5. The quantitative estimate of drug-likeness (QED) is 0.576. The number of thioether (sulfide) groups is 1. The van der Waals surface area contributed by atoms with E-state index in [0.29, 0.717) is 15.8 Å². The van der Waals surface area contributed by atoms with E-state index in [0.717, 1.165) is 12.8 Å². The molecular weight excluding hydrogens is 206 g/mol. The molecule has 1 amide bonds. The van der Waals surface area contributed by atoms with Gasteiger partial charge in [-0.2, -0.15) is 0 Å². The van der Waals surface area contributed by atoms with E-state index >= 15 is 0 Å². The summed E-state index contributed by atoms with van der Waals surface area (Å²) in [5.41, 5.74) is 5.32. The molecule has 13 heavy (non-hydrogen) atoms. The molecule has 0 saturated carbocycles. The molecule has 0 aromatic rings. The van der Waals surface area contributed by atoms with Crippen LogP contribution in [0.1, 0.15) is 19.8 Å². The number of halogens is 1. The number of carbonyl (C=O) groups excluding carboxylic acids is 1. The molecule has 0 unspecified atom stereocenters. The second-order valence-electron chi connectivity index (χ2n) is 2.56. The lowest BCUT2D eigenvalue weighted by atomic mass is 10.3. The Morgan fingerprint density at radius 3 is 2.92 bits per heavy atom. The molecule has 0 spiro atoms. The van der Waals surface area contributed by atoms with E-state index in [1.54, 1.807) is 0 Å². The second-order valence-corrected chi connectivity index (χ2v) is 4.19. The first kappa shape index (κ1) is 10.5. The number of hydrogen-bond donors (Lipinski definition) is 1. The lowest BCUT2D eigenvalue weighted by Crippen LogP contribution is -2.24. The van der Waals surface area contributed by atoms with Gasteiger partial charge in [-0.1, -0.05) is 36.7 Å². The molecular formula is C9H10ClNOS. The largest absolute Gasteiger partial charge is 0.351 e. The average molecular weight is 216 g/mol. The van der Waals surface area contributed by atoms with E-state index in [2.05, 4.69) is 23.7 Å². The lowest BCUT2D eigenvalue weighted by molar-refractivity contribution is -0.116. The molecule has 0 aliphatic carbocycles. The molecule has 0 aromatic heterocycles. The fraction of sp³-hybridized carbons (Fsp3) is 0.444. The normalized spacial score (nSPS) is 14.0. The fourth-order valence-electron chi connectivity index (χ4n) is 0.809. The molecule has 70 valence electrons. The smallest absolute Gasteiger partial charge is 0.266 e. The minimum atomic E-state index is -0.110. The Hall–Kier alpha value is -0.590. The third kappa shape index (κ3) is 3.33. The first-order valence-corrected chi connectivity index (χ1v) is 5.31. The summed E-state index contributed by atoms with van der Waals surface area (Å²) in [6.45, 7) is 2.78. The summed E-state index contributed by atoms with van der Waals surface area (Å²) >= 11 is 6.81. The first-order chi connectivity index (χ1) is 6.24. The number of amides is 1. The summed E-state index contributed by atoms with van der Waals surface area (Å²) < 4.78 is 0.473. The van der Waals surface area contributed by atoms with Gasteiger partial charge in [-0.05, 0) is 17.9 Å². The van der Waals surface area contributed by atoms with E-state index in [9.17, 15) is 4.79 Å². The summed E-state index contributed by atoms with van der Waals surface area (Å²) in [6, 6.07) is 0. The predicted molar refractivity (Wildman–Crippen MR) is 55.4 cm³/mol. The van der Waals surface area contributed by atoms with Crippen LogP contribution in [0.25, 0.3) is 0 Å². The van der Waals surface area contributed by atoms with Crippen LogP contribution >= 0.6 is 23.4 Å². The maximum atomic E-state index is 11.3. The number of unbranched alkanes of at least 4 members (excludes halogenated alkanes) is 1. The van der Waals surface area contributed by atoms with Gasteiger partial charge in [-0.25, -0.2) is 0 Å². The van der Waals surface area contributed by atoms with E-state index in [1.165, 1.54) is 11.8 Å². The molecule has 4 heteroatoms. The van der Waals surface area contributed by atoms with Crippen molar-refractivity contribution in [1.82, 2.24) is 5.32 Å². The SMILES string of the molecule is CCCCNC(=O)C1=C=C=C(Cl)S1. The van der Waals surface area contributed by atoms with Crippen LogP contribution in [-0.2, 0) is 4.79 Å². The maximum absolute atomic E-state index is 11.3. The van der Waals surface area contributed by atoms with Gasteiger partial charge in [0.25, 0.3) is 5.91 Å². The highest BCUT2D eigenvalue weighted by molar-refractivity contribution is 8.09. The number of nitrogens with one attached hydrogen (secondary N) is 1. The van der Waals surface area contributed by atoms with Crippen LogP contribution in [0.5, 0.6) is 0 Å². The Balaban J connectivity index is 2.39. The van der Waals surface area contributed by atoms with E-state index < -0.39 is 0 Å². The second kappa shape index (κ2) is 5.21. The number of hydrogen-bond acceptors (Lipinski definition) is 2. The molecule has 2 nitrogen and oxygen atoms in total. The number of rotatable bonds is 4. The lowest BCUT2D eigenvalue weighted by Gasteiger charge is -2.02. The van der Waals surface area contributed by atoms with E-state index in [4.69, 9.17) is 11.6 Å². The summed E-state index contributed by atoms with van der Waals surface area (Å²) in [5.74, 6) is -0.110. The Kier molecular flexibility index (Phi) is 4.20. The zero-order valence-electron chi connectivity index (χ0n) is 7.32. The van der Waals surface area contributed by atoms with Gasteiger partial charge in [0.15, 0.2) is 0 Å². The minimum Gasteiger partial charge on any atom is -0.351 e. The predicted octanol–water partition coefficient (Wildman–Crippen LogP) is 2.37. The summed E-state index contributed by atoms with van der Waals surface area (Å²) in [6.07, 6.45) is 2.07. The third-order valence-electron chi connectivity index (χ3n) is 1.49. The van der Waals surface area contributed by atoms with E-state index in [-0.39, 0.29) is 5.91 Å². The monoisotopic (exact) mass is 215 g/mol. The molecule has 1 heterocycles.